The van der Waals surface area contributed by atoms with Crippen LogP contribution in [0.2, 0.25) is 0 Å². The third kappa shape index (κ3) is 5.00. The van der Waals surface area contributed by atoms with Gasteiger partial charge in [0.2, 0.25) is 0 Å². The molecular formula is C42H34O. The summed E-state index contributed by atoms with van der Waals surface area (Å²) in [5, 5.41) is 0. The van der Waals surface area contributed by atoms with Crippen molar-refractivity contribution >= 4 is 6.08 Å². The first-order valence-corrected chi connectivity index (χ1v) is 15.1. The lowest BCUT2D eigenvalue weighted by molar-refractivity contribution is 0.588. The molecule has 6 aromatic rings. The van der Waals surface area contributed by atoms with Crippen LogP contribution in [0, 0.1) is 12.1 Å². The number of rotatable bonds is 5. The molecule has 43 heavy (non-hydrogen) atoms. The molecule has 5 aromatic carbocycles. The SMILES string of the molecule is CC(C)(C)c1cc(-c2c#cccc2)c(-c2oc(-c3ccccc3-c3ccccc3)c3c2CCC=C3)c(-c2ccccc2)c1. The first-order valence-electron chi connectivity index (χ1n) is 15.1. The number of furan rings is 1. The van der Waals surface area contributed by atoms with Crippen molar-refractivity contribution in [2.45, 2.75) is 39.0 Å². The van der Waals surface area contributed by atoms with E-state index in [1.165, 1.54) is 38.9 Å². The highest BCUT2D eigenvalue weighted by Gasteiger charge is 2.29. The second-order valence-corrected chi connectivity index (χ2v) is 12.3. The van der Waals surface area contributed by atoms with Crippen LogP contribution in [0.3, 0.4) is 0 Å². The number of fused-ring (bicyclic) bond motifs is 1. The summed E-state index contributed by atoms with van der Waals surface area (Å²) in [5.41, 5.74) is 12.7. The van der Waals surface area contributed by atoms with Gasteiger partial charge in [0.1, 0.15) is 11.5 Å². The van der Waals surface area contributed by atoms with E-state index in [4.69, 9.17) is 4.42 Å². The Labute approximate surface area is 255 Å². The minimum atomic E-state index is -0.0413. The maximum atomic E-state index is 7.18. The molecule has 0 saturated carbocycles. The van der Waals surface area contributed by atoms with Crippen molar-refractivity contribution in [3.05, 3.63) is 150 Å². The molecule has 0 bridgehead atoms. The van der Waals surface area contributed by atoms with E-state index in [9.17, 15) is 0 Å². The van der Waals surface area contributed by atoms with Crippen LogP contribution < -0.4 is 0 Å². The van der Waals surface area contributed by atoms with Gasteiger partial charge in [0.05, 0.1) is 0 Å². The summed E-state index contributed by atoms with van der Waals surface area (Å²) in [4.78, 5) is 0. The Balaban J connectivity index is 1.57. The summed E-state index contributed by atoms with van der Waals surface area (Å²) < 4.78 is 7.18. The Morgan fingerprint density at radius 1 is 0.651 bits per heavy atom. The molecular weight excluding hydrogens is 520 g/mol. The van der Waals surface area contributed by atoms with E-state index in [-0.39, 0.29) is 5.41 Å². The van der Waals surface area contributed by atoms with Crippen LogP contribution in [0.25, 0.3) is 62.1 Å². The fourth-order valence-corrected chi connectivity index (χ4v) is 6.17. The molecule has 0 fully saturated rings. The Morgan fingerprint density at radius 2 is 1.30 bits per heavy atom. The van der Waals surface area contributed by atoms with Gasteiger partial charge in [-0.1, -0.05) is 136 Å². The lowest BCUT2D eigenvalue weighted by Crippen LogP contribution is -2.12. The van der Waals surface area contributed by atoms with Crippen LogP contribution in [0.4, 0.5) is 0 Å². The van der Waals surface area contributed by atoms with Gasteiger partial charge >= 0.3 is 0 Å². The average Bonchev–Trinajstić information content (AvgIpc) is 3.44. The minimum absolute atomic E-state index is 0.0413. The minimum Gasteiger partial charge on any atom is -0.455 e. The fourth-order valence-electron chi connectivity index (χ4n) is 6.17. The second kappa shape index (κ2) is 11.0. The lowest BCUT2D eigenvalue weighted by Gasteiger charge is -2.24. The monoisotopic (exact) mass is 554 g/mol. The van der Waals surface area contributed by atoms with Crippen molar-refractivity contribution in [1.29, 1.82) is 0 Å². The highest BCUT2D eigenvalue weighted by molar-refractivity contribution is 5.97. The van der Waals surface area contributed by atoms with Crippen LogP contribution >= 0.6 is 0 Å². The molecule has 0 radical (unpaired) electrons. The molecule has 7 rings (SSSR count). The van der Waals surface area contributed by atoms with Crippen molar-refractivity contribution in [2.75, 3.05) is 0 Å². The van der Waals surface area contributed by atoms with Crippen molar-refractivity contribution < 1.29 is 4.42 Å². The third-order valence-corrected chi connectivity index (χ3v) is 8.41. The highest BCUT2D eigenvalue weighted by atomic mass is 16.3. The zero-order valence-electron chi connectivity index (χ0n) is 24.9. The number of hydrogen-bond acceptors (Lipinski definition) is 1. The first-order chi connectivity index (χ1) is 21.0. The number of allylic oxidation sites excluding steroid dienone is 1. The maximum absolute atomic E-state index is 7.18. The summed E-state index contributed by atoms with van der Waals surface area (Å²) in [7, 11) is 0. The molecule has 0 atom stereocenters. The molecule has 1 nitrogen and oxygen atoms in total. The summed E-state index contributed by atoms with van der Waals surface area (Å²) in [6.07, 6.45) is 6.45. The van der Waals surface area contributed by atoms with E-state index >= 15 is 0 Å². The molecule has 0 aliphatic heterocycles. The number of hydrogen-bond donors (Lipinski definition) is 0. The molecule has 208 valence electrons. The van der Waals surface area contributed by atoms with Crippen LogP contribution in [0.1, 0.15) is 43.9 Å². The van der Waals surface area contributed by atoms with Gasteiger partial charge in [-0.15, -0.1) is 0 Å². The fraction of sp³-hybridized carbons (Fsp3) is 0.143. The maximum Gasteiger partial charge on any atom is 0.142 e. The molecule has 1 heterocycles. The Morgan fingerprint density at radius 3 is 1.98 bits per heavy atom. The molecule has 1 aromatic heterocycles. The van der Waals surface area contributed by atoms with Gasteiger partial charge < -0.3 is 4.42 Å². The summed E-state index contributed by atoms with van der Waals surface area (Å²) in [6, 6.07) is 47.3. The molecule has 0 N–H and O–H groups in total. The summed E-state index contributed by atoms with van der Waals surface area (Å²) in [6.45, 7) is 6.83. The van der Waals surface area contributed by atoms with E-state index in [1.54, 1.807) is 0 Å². The van der Waals surface area contributed by atoms with E-state index < -0.39 is 0 Å². The van der Waals surface area contributed by atoms with Crippen molar-refractivity contribution in [3.8, 4) is 56.0 Å². The molecule has 0 spiro atoms. The van der Waals surface area contributed by atoms with Crippen molar-refractivity contribution in [3.63, 3.8) is 0 Å². The van der Waals surface area contributed by atoms with Gasteiger partial charge in [-0.3, -0.25) is 0 Å². The zero-order chi connectivity index (χ0) is 29.4. The topological polar surface area (TPSA) is 13.1 Å². The average molecular weight is 555 g/mol. The van der Waals surface area contributed by atoms with E-state index in [0.29, 0.717) is 0 Å². The largest absolute Gasteiger partial charge is 0.455 e. The normalized spacial score (nSPS) is 12.5. The lowest BCUT2D eigenvalue weighted by atomic mass is 9.79. The van der Waals surface area contributed by atoms with Gasteiger partial charge in [-0.25, -0.2) is 0 Å². The van der Waals surface area contributed by atoms with E-state index in [2.05, 4.69) is 148 Å². The van der Waals surface area contributed by atoms with Crippen molar-refractivity contribution in [1.82, 2.24) is 0 Å². The van der Waals surface area contributed by atoms with Crippen LogP contribution in [-0.4, -0.2) is 0 Å². The highest BCUT2D eigenvalue weighted by Crippen LogP contribution is 2.49. The second-order valence-electron chi connectivity index (χ2n) is 12.3. The smallest absolute Gasteiger partial charge is 0.142 e. The van der Waals surface area contributed by atoms with Gasteiger partial charge in [-0.2, -0.15) is 0 Å². The molecule has 0 unspecified atom stereocenters. The molecule has 1 heteroatoms. The predicted molar refractivity (Wildman–Crippen MR) is 180 cm³/mol. The summed E-state index contributed by atoms with van der Waals surface area (Å²) in [5.74, 6) is 1.87. The Bertz CT molecular complexity index is 1860. The van der Waals surface area contributed by atoms with Crippen LogP contribution in [-0.2, 0) is 11.8 Å². The third-order valence-electron chi connectivity index (χ3n) is 8.41. The van der Waals surface area contributed by atoms with Gasteiger partial charge in [0.25, 0.3) is 0 Å². The number of benzene rings is 4. The predicted octanol–water partition coefficient (Wildman–Crippen LogP) is 11.5. The molecule has 1 aliphatic rings. The van der Waals surface area contributed by atoms with E-state index in [1.807, 2.05) is 12.1 Å². The quantitative estimate of drug-likeness (QED) is 0.207. The van der Waals surface area contributed by atoms with E-state index in [0.717, 1.165) is 46.6 Å². The Kier molecular flexibility index (Phi) is 6.84. The van der Waals surface area contributed by atoms with Gasteiger partial charge in [0, 0.05) is 33.4 Å². The summed E-state index contributed by atoms with van der Waals surface area (Å²) >= 11 is 0. The first kappa shape index (κ1) is 26.8. The van der Waals surface area contributed by atoms with Crippen LogP contribution in [0.5, 0.6) is 0 Å². The Hall–Kier alpha value is -5.06. The van der Waals surface area contributed by atoms with Crippen LogP contribution in [0.15, 0.2) is 126 Å². The zero-order valence-corrected chi connectivity index (χ0v) is 24.9. The molecule has 0 amide bonds. The van der Waals surface area contributed by atoms with Gasteiger partial charge in [0.15, 0.2) is 0 Å². The van der Waals surface area contributed by atoms with Crippen molar-refractivity contribution in [2.24, 2.45) is 0 Å². The standard InChI is InChI=1S/C42H34O/c1-42(2,3)32-27-37(30-19-9-5-10-20-30)39(38(28-32)31-21-11-6-12-22-31)41-36-26-16-15-25-35(36)40(43-41)34-24-14-13-23-33(34)29-17-7-4-8-18-29/h4-11,13-15,17-21,23-25,27-28H,16,26H2,1-3H3. The molecule has 0 saturated heterocycles. The van der Waals surface area contributed by atoms with Gasteiger partial charge in [-0.05, 0) is 70.3 Å². The molecule has 1 aliphatic carbocycles.